The van der Waals surface area contributed by atoms with Gasteiger partial charge in [0.1, 0.15) is 5.50 Å². The van der Waals surface area contributed by atoms with Crippen LogP contribution >= 0.6 is 35.0 Å². The van der Waals surface area contributed by atoms with E-state index < -0.39 is 0 Å². The number of ether oxygens (including phenoxy) is 2. The Labute approximate surface area is 240 Å². The molecule has 0 bridgehead atoms. The number of fused-ring (bicyclic) bond motifs is 1. The van der Waals surface area contributed by atoms with Gasteiger partial charge in [-0.3, -0.25) is 20.2 Å². The Hall–Kier alpha value is -0.330. The van der Waals surface area contributed by atoms with Gasteiger partial charge in [-0.05, 0) is 50.9 Å². The van der Waals surface area contributed by atoms with Gasteiger partial charge in [0.25, 0.3) is 0 Å². The van der Waals surface area contributed by atoms with E-state index >= 15 is 0 Å². The second-order valence-electron chi connectivity index (χ2n) is 11.7. The summed E-state index contributed by atoms with van der Waals surface area (Å²) in [5.41, 5.74) is -0.249. The monoisotopic (exact) mass is 591 g/mol. The summed E-state index contributed by atoms with van der Waals surface area (Å²) < 4.78 is 11.3. The smallest absolute Gasteiger partial charge is 0.227 e. The summed E-state index contributed by atoms with van der Waals surface area (Å²) in [6.45, 7) is 4.89. The molecule has 0 aromatic carbocycles. The molecular weight excluding hydrogens is 549 g/mol. The van der Waals surface area contributed by atoms with Crippen molar-refractivity contribution in [3.63, 3.8) is 0 Å². The Morgan fingerprint density at radius 3 is 2.50 bits per heavy atom. The van der Waals surface area contributed by atoms with E-state index in [0.717, 1.165) is 32.1 Å². The van der Waals surface area contributed by atoms with E-state index in [-0.39, 0.29) is 75.4 Å². The SMILES string of the molecule is COC1CCC(C(=O)N2CC3NC(NC(=O)C4CNC(C)CC4C4CC(Cl)NCC4OC)SC3C2)C(Cl)C1. The molecule has 2 amide bonds. The zero-order valence-electron chi connectivity index (χ0n) is 22.5. The largest absolute Gasteiger partial charge is 0.381 e. The molecule has 9 nitrogen and oxygen atoms in total. The summed E-state index contributed by atoms with van der Waals surface area (Å²) in [5, 5.41) is 13.7. The van der Waals surface area contributed by atoms with E-state index in [1.807, 2.05) is 4.90 Å². The van der Waals surface area contributed by atoms with Crippen LogP contribution in [0.1, 0.15) is 39.0 Å². The topological polar surface area (TPSA) is 104 Å². The summed E-state index contributed by atoms with van der Waals surface area (Å²) in [4.78, 5) is 28.8. The number of alkyl halides is 2. The number of rotatable bonds is 6. The van der Waals surface area contributed by atoms with Crippen LogP contribution in [-0.4, -0.2) is 103 Å². The van der Waals surface area contributed by atoms with Crippen LogP contribution in [0.25, 0.3) is 0 Å². The fourth-order valence-electron chi connectivity index (χ4n) is 7.25. The van der Waals surface area contributed by atoms with Crippen molar-refractivity contribution >= 4 is 46.8 Å². The molecule has 5 aliphatic rings. The molecule has 0 radical (unpaired) electrons. The van der Waals surface area contributed by atoms with Crippen LogP contribution in [0.4, 0.5) is 0 Å². The summed E-state index contributed by atoms with van der Waals surface area (Å²) >= 11 is 14.8. The maximum absolute atomic E-state index is 13.6. The molecule has 1 saturated carbocycles. The zero-order chi connectivity index (χ0) is 27.0. The van der Waals surface area contributed by atoms with Gasteiger partial charge in [-0.15, -0.1) is 35.0 Å². The molecule has 5 rings (SSSR count). The van der Waals surface area contributed by atoms with E-state index in [9.17, 15) is 9.59 Å². The summed E-state index contributed by atoms with van der Waals surface area (Å²) in [7, 11) is 3.46. The summed E-state index contributed by atoms with van der Waals surface area (Å²) in [5.74, 6) is 0.395. The van der Waals surface area contributed by atoms with Crippen molar-refractivity contribution in [2.24, 2.45) is 23.7 Å². The molecule has 4 saturated heterocycles. The normalized spacial score (nSPS) is 45.6. The number of thioether (sulfide) groups is 1. The highest BCUT2D eigenvalue weighted by atomic mass is 35.5. The third kappa shape index (κ3) is 6.27. The Balaban J connectivity index is 1.15. The van der Waals surface area contributed by atoms with E-state index in [4.69, 9.17) is 32.7 Å². The number of methoxy groups -OCH3 is 2. The molecule has 4 N–H and O–H groups in total. The van der Waals surface area contributed by atoms with Crippen LogP contribution in [0, 0.1) is 23.7 Å². The second-order valence-corrected chi connectivity index (χ2v) is 14.2. The Morgan fingerprint density at radius 2 is 1.79 bits per heavy atom. The van der Waals surface area contributed by atoms with Crippen LogP contribution in [-0.2, 0) is 19.1 Å². The number of amides is 2. The van der Waals surface area contributed by atoms with Gasteiger partial charge in [0.05, 0.1) is 29.5 Å². The van der Waals surface area contributed by atoms with Crippen molar-refractivity contribution in [1.29, 1.82) is 0 Å². The number of hydrogen-bond donors (Lipinski definition) is 4. The number of carbonyl (C=O) groups excluding carboxylic acids is 2. The van der Waals surface area contributed by atoms with Crippen molar-refractivity contribution in [2.75, 3.05) is 40.4 Å². The predicted molar refractivity (Wildman–Crippen MR) is 150 cm³/mol. The highest BCUT2D eigenvalue weighted by molar-refractivity contribution is 8.00. The van der Waals surface area contributed by atoms with Gasteiger partial charge in [-0.2, -0.15) is 0 Å². The minimum Gasteiger partial charge on any atom is -0.381 e. The van der Waals surface area contributed by atoms with Crippen molar-refractivity contribution in [3.8, 4) is 0 Å². The maximum Gasteiger partial charge on any atom is 0.227 e. The third-order valence-corrected chi connectivity index (χ3v) is 11.6. The van der Waals surface area contributed by atoms with Gasteiger partial charge in [0, 0.05) is 63.1 Å². The Kier molecular flexibility index (Phi) is 9.73. The lowest BCUT2D eigenvalue weighted by molar-refractivity contribution is -0.136. The standard InChI is InChI=1S/C26H43Cl2N5O4S/c1-13-6-16(17-8-23(28)30-10-21(17)37-3)18(9-29-13)24(34)32-26-31-20-11-33(12-22(20)38-26)25(35)15-5-4-14(36-2)7-19(15)27/h13-23,26,29-31H,4-12H2,1-3H3,(H,32,34). The average Bonchev–Trinajstić information content (AvgIpc) is 3.47. The van der Waals surface area contributed by atoms with E-state index in [1.165, 1.54) is 0 Å². The van der Waals surface area contributed by atoms with Crippen molar-refractivity contribution in [3.05, 3.63) is 0 Å². The molecule has 0 aromatic rings. The van der Waals surface area contributed by atoms with Crippen LogP contribution in [0.2, 0.25) is 0 Å². The van der Waals surface area contributed by atoms with Gasteiger partial charge >= 0.3 is 0 Å². The first-order valence-electron chi connectivity index (χ1n) is 14.1. The minimum atomic E-state index is -0.180. The van der Waals surface area contributed by atoms with E-state index in [2.05, 4.69) is 28.2 Å². The number of carbonyl (C=O) groups is 2. The van der Waals surface area contributed by atoms with Crippen LogP contribution < -0.4 is 21.3 Å². The van der Waals surface area contributed by atoms with Crippen molar-refractivity contribution < 1.29 is 19.1 Å². The number of hydrogen-bond acceptors (Lipinski definition) is 8. The molecule has 1 aliphatic carbocycles. The van der Waals surface area contributed by atoms with Gasteiger partial charge in [0.2, 0.25) is 11.8 Å². The summed E-state index contributed by atoms with van der Waals surface area (Å²) in [6.07, 6.45) is 4.29. The van der Waals surface area contributed by atoms with Gasteiger partial charge in [-0.1, -0.05) is 0 Å². The zero-order valence-corrected chi connectivity index (χ0v) is 24.9. The Bertz CT molecular complexity index is 846. The van der Waals surface area contributed by atoms with Crippen LogP contribution in [0.5, 0.6) is 0 Å². The lowest BCUT2D eigenvalue weighted by Crippen LogP contribution is -2.57. The quantitative estimate of drug-likeness (QED) is 0.272. The number of nitrogens with zero attached hydrogens (tertiary/aromatic N) is 1. The molecule has 38 heavy (non-hydrogen) atoms. The molecular formula is C26H43Cl2N5O4S. The molecule has 0 spiro atoms. The molecule has 4 heterocycles. The molecule has 5 fully saturated rings. The molecule has 216 valence electrons. The number of nitrogens with one attached hydrogen (secondary N) is 4. The second kappa shape index (κ2) is 12.7. The van der Waals surface area contributed by atoms with Gasteiger partial charge < -0.3 is 25.0 Å². The highest BCUT2D eigenvalue weighted by Crippen LogP contribution is 2.39. The molecule has 12 unspecified atom stereocenters. The first-order chi connectivity index (χ1) is 18.3. The van der Waals surface area contributed by atoms with E-state index in [1.54, 1.807) is 26.0 Å². The lowest BCUT2D eigenvalue weighted by Gasteiger charge is -2.45. The maximum atomic E-state index is 13.6. The number of halogens is 2. The first kappa shape index (κ1) is 29.2. The van der Waals surface area contributed by atoms with Gasteiger partial charge in [-0.25, -0.2) is 0 Å². The average molecular weight is 593 g/mol. The fourth-order valence-corrected chi connectivity index (χ4v) is 9.39. The lowest BCUT2D eigenvalue weighted by atomic mass is 9.70. The molecule has 12 atom stereocenters. The minimum absolute atomic E-state index is 0.0505. The van der Waals surface area contributed by atoms with Crippen molar-refractivity contribution in [1.82, 2.24) is 26.2 Å². The predicted octanol–water partition coefficient (Wildman–Crippen LogP) is 1.53. The first-order valence-corrected chi connectivity index (χ1v) is 15.9. The molecule has 4 aliphatic heterocycles. The van der Waals surface area contributed by atoms with Crippen LogP contribution in [0.3, 0.4) is 0 Å². The Morgan fingerprint density at radius 1 is 0.974 bits per heavy atom. The fraction of sp³-hybridized carbons (Fsp3) is 0.923. The molecule has 12 heteroatoms. The van der Waals surface area contributed by atoms with Crippen molar-refractivity contribution in [2.45, 2.75) is 84.9 Å². The number of likely N-dealkylation sites (tertiary alicyclic amines) is 1. The van der Waals surface area contributed by atoms with Crippen LogP contribution in [0.15, 0.2) is 0 Å². The molecule has 0 aromatic heterocycles. The van der Waals surface area contributed by atoms with E-state index in [0.29, 0.717) is 32.2 Å². The number of piperidine rings is 2. The van der Waals surface area contributed by atoms with Gasteiger partial charge in [0.15, 0.2) is 0 Å². The highest BCUT2D eigenvalue weighted by Gasteiger charge is 2.48. The third-order valence-electron chi connectivity index (χ3n) is 9.42. The summed E-state index contributed by atoms with van der Waals surface area (Å²) in [6, 6.07) is 0.516.